The summed E-state index contributed by atoms with van der Waals surface area (Å²) in [4.78, 5) is 10.4. The van der Waals surface area contributed by atoms with Crippen LogP contribution in [0.3, 0.4) is 0 Å². The first-order valence-corrected chi connectivity index (χ1v) is 7.31. The first kappa shape index (κ1) is 14.5. The Hall–Kier alpha value is -1.56. The number of carboxylic acids is 1. The van der Waals surface area contributed by atoms with E-state index in [1.54, 1.807) is 12.1 Å². The third kappa shape index (κ3) is 4.37. The van der Waals surface area contributed by atoms with Crippen molar-refractivity contribution in [2.75, 3.05) is 10.5 Å². The van der Waals surface area contributed by atoms with Crippen molar-refractivity contribution in [1.82, 2.24) is 0 Å². The molecular formula is C12H17NO4S. The molecule has 0 saturated carbocycles. The van der Waals surface area contributed by atoms with E-state index in [0.29, 0.717) is 11.6 Å². The van der Waals surface area contributed by atoms with Crippen LogP contribution in [0.1, 0.15) is 31.7 Å². The van der Waals surface area contributed by atoms with Gasteiger partial charge in [0.2, 0.25) is 10.0 Å². The largest absolute Gasteiger partial charge is 0.480 e. The summed E-state index contributed by atoms with van der Waals surface area (Å²) in [7, 11) is -3.82. The number of nitrogens with one attached hydrogen (secondary N) is 1. The van der Waals surface area contributed by atoms with E-state index in [1.807, 2.05) is 12.1 Å². The molecule has 2 N–H and O–H groups in total. The number of sulfonamides is 1. The monoisotopic (exact) mass is 271 g/mol. The van der Waals surface area contributed by atoms with Crippen LogP contribution in [0.25, 0.3) is 0 Å². The van der Waals surface area contributed by atoms with Gasteiger partial charge in [0.15, 0.2) is 5.75 Å². The normalized spacial score (nSPS) is 13.0. The van der Waals surface area contributed by atoms with Gasteiger partial charge in [0.25, 0.3) is 0 Å². The summed E-state index contributed by atoms with van der Waals surface area (Å²) in [6, 6.07) is 6.96. The van der Waals surface area contributed by atoms with Gasteiger partial charge in [-0.15, -0.1) is 0 Å². The number of rotatable bonds is 6. The highest BCUT2D eigenvalue weighted by atomic mass is 32.2. The Labute approximate surface area is 107 Å². The predicted molar refractivity (Wildman–Crippen MR) is 70.2 cm³/mol. The van der Waals surface area contributed by atoms with Gasteiger partial charge in [-0.1, -0.05) is 26.0 Å². The molecule has 0 bridgehead atoms. The molecule has 5 nitrogen and oxygen atoms in total. The molecule has 0 fully saturated rings. The molecule has 1 rings (SSSR count). The van der Waals surface area contributed by atoms with Crippen molar-refractivity contribution in [3.8, 4) is 0 Å². The van der Waals surface area contributed by atoms with Gasteiger partial charge >= 0.3 is 5.97 Å². The zero-order valence-electron chi connectivity index (χ0n) is 10.4. The summed E-state index contributed by atoms with van der Waals surface area (Å²) in [6.07, 6.45) is 1.00. The van der Waals surface area contributed by atoms with Crippen LogP contribution >= 0.6 is 0 Å². The van der Waals surface area contributed by atoms with Gasteiger partial charge < -0.3 is 5.11 Å². The number of carbonyl (C=O) groups is 1. The van der Waals surface area contributed by atoms with Gasteiger partial charge in [0.1, 0.15) is 0 Å². The van der Waals surface area contributed by atoms with Crippen molar-refractivity contribution in [3.63, 3.8) is 0 Å². The number of carboxylic acid groups (broad SMARTS) is 1. The highest BCUT2D eigenvalue weighted by Crippen LogP contribution is 2.20. The highest BCUT2D eigenvalue weighted by molar-refractivity contribution is 7.93. The quantitative estimate of drug-likeness (QED) is 0.829. The van der Waals surface area contributed by atoms with Crippen LogP contribution in [0.4, 0.5) is 5.69 Å². The van der Waals surface area contributed by atoms with Gasteiger partial charge in [-0.2, -0.15) is 0 Å². The Morgan fingerprint density at radius 2 is 1.89 bits per heavy atom. The second-order valence-corrected chi connectivity index (χ2v) is 5.91. The molecule has 0 saturated heterocycles. The molecule has 0 radical (unpaired) electrons. The third-order valence-corrected chi connectivity index (χ3v) is 3.85. The van der Waals surface area contributed by atoms with E-state index in [4.69, 9.17) is 5.11 Å². The van der Waals surface area contributed by atoms with Gasteiger partial charge in [-0.25, -0.2) is 8.42 Å². The Morgan fingerprint density at radius 3 is 2.33 bits per heavy atom. The van der Waals surface area contributed by atoms with Gasteiger partial charge in [0.05, 0.1) is 0 Å². The minimum atomic E-state index is -3.82. The molecule has 0 aliphatic heterocycles. The minimum Gasteiger partial charge on any atom is -0.480 e. The molecule has 18 heavy (non-hydrogen) atoms. The van der Waals surface area contributed by atoms with E-state index < -0.39 is 21.7 Å². The number of benzene rings is 1. The summed E-state index contributed by atoms with van der Waals surface area (Å²) in [6.45, 7) is 4.16. The van der Waals surface area contributed by atoms with E-state index in [9.17, 15) is 13.2 Å². The second kappa shape index (κ2) is 5.86. The fraction of sp³-hybridized carbons (Fsp3) is 0.417. The Kier molecular flexibility index (Phi) is 4.72. The molecule has 0 aromatic heterocycles. The summed E-state index contributed by atoms with van der Waals surface area (Å²) in [5.74, 6) is -1.89. The topological polar surface area (TPSA) is 83.5 Å². The molecule has 0 spiro atoms. The van der Waals surface area contributed by atoms with Crippen LogP contribution in [0.5, 0.6) is 0 Å². The lowest BCUT2D eigenvalue weighted by molar-refractivity contribution is -0.134. The van der Waals surface area contributed by atoms with E-state index >= 15 is 0 Å². The average molecular weight is 271 g/mol. The van der Waals surface area contributed by atoms with Crippen LogP contribution in [-0.2, 0) is 14.8 Å². The third-order valence-electron chi connectivity index (χ3n) is 2.68. The first-order valence-electron chi connectivity index (χ1n) is 5.66. The molecule has 6 heteroatoms. The van der Waals surface area contributed by atoms with E-state index in [-0.39, 0.29) is 0 Å². The molecule has 0 amide bonds. The van der Waals surface area contributed by atoms with Crippen molar-refractivity contribution in [3.05, 3.63) is 29.8 Å². The van der Waals surface area contributed by atoms with Gasteiger partial charge in [-0.3, -0.25) is 9.52 Å². The van der Waals surface area contributed by atoms with Crippen molar-refractivity contribution < 1.29 is 18.3 Å². The van der Waals surface area contributed by atoms with Crippen molar-refractivity contribution in [2.45, 2.75) is 26.2 Å². The predicted octanol–water partition coefficient (Wildman–Crippen LogP) is 2.03. The summed E-state index contributed by atoms with van der Waals surface area (Å²) < 4.78 is 25.0. The van der Waals surface area contributed by atoms with Crippen LogP contribution < -0.4 is 4.72 Å². The van der Waals surface area contributed by atoms with Crippen molar-refractivity contribution >= 4 is 21.7 Å². The standard InChI is InChI=1S/C12H17NO4S/c1-3-9(2)10-4-6-11(7-5-10)13-18(16,17)8-12(14)15/h4-7,9,13H,3,8H2,1-2H3,(H,14,15). The SMILES string of the molecule is CCC(C)c1ccc(NS(=O)(=O)CC(=O)O)cc1. The lowest BCUT2D eigenvalue weighted by atomic mass is 9.99. The Balaban J connectivity index is 2.78. The first-order chi connectivity index (χ1) is 8.34. The number of hydrogen-bond acceptors (Lipinski definition) is 3. The fourth-order valence-electron chi connectivity index (χ4n) is 1.49. The van der Waals surface area contributed by atoms with Gasteiger partial charge in [-0.05, 0) is 30.0 Å². The summed E-state index contributed by atoms with van der Waals surface area (Å²) in [5.41, 5.74) is 1.50. The zero-order valence-corrected chi connectivity index (χ0v) is 11.2. The van der Waals surface area contributed by atoms with Crippen molar-refractivity contribution in [2.24, 2.45) is 0 Å². The molecule has 1 aromatic carbocycles. The second-order valence-electron chi connectivity index (χ2n) is 4.19. The van der Waals surface area contributed by atoms with E-state index in [1.165, 1.54) is 0 Å². The molecular weight excluding hydrogens is 254 g/mol. The van der Waals surface area contributed by atoms with Crippen LogP contribution in [0.2, 0.25) is 0 Å². The number of hydrogen-bond donors (Lipinski definition) is 2. The smallest absolute Gasteiger partial charge is 0.320 e. The summed E-state index contributed by atoms with van der Waals surface area (Å²) in [5, 5.41) is 8.46. The Morgan fingerprint density at radius 1 is 1.33 bits per heavy atom. The van der Waals surface area contributed by atoms with Crippen LogP contribution in [0, 0.1) is 0 Å². The Bertz CT molecular complexity index is 507. The zero-order chi connectivity index (χ0) is 13.8. The molecule has 0 aliphatic carbocycles. The maximum Gasteiger partial charge on any atom is 0.320 e. The maximum atomic E-state index is 11.4. The highest BCUT2D eigenvalue weighted by Gasteiger charge is 2.15. The maximum absolute atomic E-state index is 11.4. The number of aliphatic carboxylic acids is 1. The van der Waals surface area contributed by atoms with E-state index in [0.717, 1.165) is 12.0 Å². The average Bonchev–Trinajstić information content (AvgIpc) is 2.26. The molecule has 0 aliphatic rings. The van der Waals surface area contributed by atoms with Crippen LogP contribution in [-0.4, -0.2) is 25.2 Å². The van der Waals surface area contributed by atoms with E-state index in [2.05, 4.69) is 18.6 Å². The van der Waals surface area contributed by atoms with Gasteiger partial charge in [0, 0.05) is 5.69 Å². The van der Waals surface area contributed by atoms with Crippen LogP contribution in [0.15, 0.2) is 24.3 Å². The molecule has 1 atom stereocenters. The lowest BCUT2D eigenvalue weighted by Crippen LogP contribution is -2.22. The molecule has 0 heterocycles. The molecule has 1 aromatic rings. The number of anilines is 1. The minimum absolute atomic E-state index is 0.378. The molecule has 100 valence electrons. The lowest BCUT2D eigenvalue weighted by Gasteiger charge is -2.10. The summed E-state index contributed by atoms with van der Waals surface area (Å²) >= 11 is 0. The molecule has 1 unspecified atom stereocenters. The van der Waals surface area contributed by atoms with Crippen molar-refractivity contribution in [1.29, 1.82) is 0 Å². The fourth-order valence-corrected chi connectivity index (χ4v) is 2.39.